The summed E-state index contributed by atoms with van der Waals surface area (Å²) in [5.41, 5.74) is 8.17. The van der Waals surface area contributed by atoms with Crippen LogP contribution < -0.4 is 5.73 Å². The Labute approximate surface area is 110 Å². The number of nitrogens with zero attached hydrogens (tertiary/aromatic N) is 1. The molecule has 0 aliphatic heterocycles. The Morgan fingerprint density at radius 2 is 2.35 bits per heavy atom. The fourth-order valence-electron chi connectivity index (χ4n) is 1.63. The van der Waals surface area contributed by atoms with Gasteiger partial charge in [0.1, 0.15) is 5.82 Å². The van der Waals surface area contributed by atoms with E-state index in [-0.39, 0.29) is 6.04 Å². The van der Waals surface area contributed by atoms with Crippen LogP contribution in [0.3, 0.4) is 0 Å². The molecule has 5 heteroatoms. The zero-order valence-electron chi connectivity index (χ0n) is 9.90. The van der Waals surface area contributed by atoms with Gasteiger partial charge in [0.05, 0.1) is 22.3 Å². The van der Waals surface area contributed by atoms with Crippen LogP contribution in [0.2, 0.25) is 4.34 Å². The molecule has 2 heterocycles. The molecule has 17 heavy (non-hydrogen) atoms. The molecule has 92 valence electrons. The summed E-state index contributed by atoms with van der Waals surface area (Å²) in [5, 5.41) is 2.01. The number of rotatable bonds is 4. The van der Waals surface area contributed by atoms with Crippen LogP contribution in [0, 0.1) is 5.92 Å². The van der Waals surface area contributed by atoms with Gasteiger partial charge in [0.2, 0.25) is 0 Å². The third-order valence-electron chi connectivity index (χ3n) is 3.05. The zero-order chi connectivity index (χ0) is 12.4. The maximum atomic E-state index is 6.13. The standard InChI is InChI=1S/C12H16ClN3S/c1-3-7(2)11(14)12-15-5-9(16-12)8-4-10(13)17-6-8/h4-7,11H,3,14H2,1-2H3,(H,15,16). The highest BCUT2D eigenvalue weighted by molar-refractivity contribution is 7.14. The largest absolute Gasteiger partial charge is 0.341 e. The van der Waals surface area contributed by atoms with Gasteiger partial charge < -0.3 is 10.7 Å². The molecule has 2 aromatic rings. The molecule has 0 radical (unpaired) electrons. The van der Waals surface area contributed by atoms with Crippen molar-refractivity contribution in [3.05, 3.63) is 27.8 Å². The average molecular weight is 270 g/mol. The molecule has 0 spiro atoms. The van der Waals surface area contributed by atoms with Crippen LogP contribution in [0.1, 0.15) is 32.1 Å². The summed E-state index contributed by atoms with van der Waals surface area (Å²) in [5.74, 6) is 1.26. The van der Waals surface area contributed by atoms with Gasteiger partial charge in [-0.25, -0.2) is 4.98 Å². The van der Waals surface area contributed by atoms with Crippen LogP contribution in [-0.4, -0.2) is 9.97 Å². The molecule has 0 saturated heterocycles. The van der Waals surface area contributed by atoms with E-state index in [9.17, 15) is 0 Å². The number of thiophene rings is 1. The smallest absolute Gasteiger partial charge is 0.123 e. The van der Waals surface area contributed by atoms with Crippen LogP contribution in [0.15, 0.2) is 17.6 Å². The zero-order valence-corrected chi connectivity index (χ0v) is 11.5. The molecule has 3 N–H and O–H groups in total. The molecule has 0 saturated carbocycles. The molecular formula is C12H16ClN3S. The van der Waals surface area contributed by atoms with Gasteiger partial charge in [-0.15, -0.1) is 11.3 Å². The summed E-state index contributed by atoms with van der Waals surface area (Å²) in [4.78, 5) is 7.62. The van der Waals surface area contributed by atoms with E-state index in [0.29, 0.717) is 5.92 Å². The highest BCUT2D eigenvalue weighted by Crippen LogP contribution is 2.29. The number of nitrogens with one attached hydrogen (secondary N) is 1. The predicted octanol–water partition coefficient (Wildman–Crippen LogP) is 3.84. The minimum atomic E-state index is -0.0390. The van der Waals surface area contributed by atoms with Gasteiger partial charge in [-0.2, -0.15) is 0 Å². The number of imidazole rings is 1. The Morgan fingerprint density at radius 1 is 1.59 bits per heavy atom. The summed E-state index contributed by atoms with van der Waals surface area (Å²) in [6.45, 7) is 4.27. The van der Waals surface area contributed by atoms with Crippen molar-refractivity contribution < 1.29 is 0 Å². The molecule has 0 bridgehead atoms. The lowest BCUT2D eigenvalue weighted by Gasteiger charge is -2.15. The molecule has 0 aromatic carbocycles. The van der Waals surface area contributed by atoms with Gasteiger partial charge in [-0.3, -0.25) is 0 Å². The van der Waals surface area contributed by atoms with Crippen molar-refractivity contribution in [1.82, 2.24) is 9.97 Å². The first-order chi connectivity index (χ1) is 8.11. The normalized spacial score (nSPS) is 14.8. The molecule has 2 rings (SSSR count). The van der Waals surface area contributed by atoms with Crippen LogP contribution in [0.5, 0.6) is 0 Å². The summed E-state index contributed by atoms with van der Waals surface area (Å²) < 4.78 is 0.780. The Hall–Kier alpha value is -0.840. The topological polar surface area (TPSA) is 54.7 Å². The summed E-state index contributed by atoms with van der Waals surface area (Å²) in [7, 11) is 0. The summed E-state index contributed by atoms with van der Waals surface area (Å²) >= 11 is 7.43. The molecule has 3 nitrogen and oxygen atoms in total. The highest BCUT2D eigenvalue weighted by atomic mass is 35.5. The average Bonchev–Trinajstić information content (AvgIpc) is 2.95. The molecule has 0 fully saturated rings. The number of nitrogens with two attached hydrogens (primary N) is 1. The van der Waals surface area contributed by atoms with Gasteiger partial charge in [0.25, 0.3) is 0 Å². The van der Waals surface area contributed by atoms with Gasteiger partial charge in [-0.1, -0.05) is 31.9 Å². The van der Waals surface area contributed by atoms with Crippen molar-refractivity contribution >= 4 is 22.9 Å². The summed E-state index contributed by atoms with van der Waals surface area (Å²) in [6, 6.07) is 1.89. The fourth-order valence-corrected chi connectivity index (χ4v) is 2.51. The first-order valence-electron chi connectivity index (χ1n) is 5.66. The van der Waals surface area contributed by atoms with Gasteiger partial charge in [0.15, 0.2) is 0 Å². The van der Waals surface area contributed by atoms with Gasteiger partial charge >= 0.3 is 0 Å². The fraction of sp³-hybridized carbons (Fsp3) is 0.417. The van der Waals surface area contributed by atoms with Crippen molar-refractivity contribution in [2.45, 2.75) is 26.3 Å². The van der Waals surface area contributed by atoms with Gasteiger partial charge in [-0.05, 0) is 12.0 Å². The number of aromatic nitrogens is 2. The van der Waals surface area contributed by atoms with E-state index in [1.807, 2.05) is 17.6 Å². The lowest BCUT2D eigenvalue weighted by atomic mass is 10.00. The van der Waals surface area contributed by atoms with Crippen molar-refractivity contribution in [3.63, 3.8) is 0 Å². The molecule has 2 aromatic heterocycles. The predicted molar refractivity (Wildman–Crippen MR) is 73.3 cm³/mol. The minimum absolute atomic E-state index is 0.0390. The van der Waals surface area contributed by atoms with Crippen LogP contribution in [0.4, 0.5) is 0 Å². The minimum Gasteiger partial charge on any atom is -0.341 e. The first kappa shape index (κ1) is 12.6. The van der Waals surface area contributed by atoms with Crippen molar-refractivity contribution in [2.75, 3.05) is 0 Å². The molecule has 0 aliphatic carbocycles. The summed E-state index contributed by atoms with van der Waals surface area (Å²) in [6.07, 6.45) is 2.86. The third-order valence-corrected chi connectivity index (χ3v) is 4.14. The van der Waals surface area contributed by atoms with E-state index in [1.54, 1.807) is 0 Å². The second kappa shape index (κ2) is 5.21. The van der Waals surface area contributed by atoms with Crippen molar-refractivity contribution in [2.24, 2.45) is 11.7 Å². The van der Waals surface area contributed by atoms with Crippen LogP contribution >= 0.6 is 22.9 Å². The Kier molecular flexibility index (Phi) is 3.86. The second-order valence-corrected chi connectivity index (χ2v) is 5.78. The maximum Gasteiger partial charge on any atom is 0.123 e. The van der Waals surface area contributed by atoms with E-state index in [2.05, 4.69) is 23.8 Å². The maximum absolute atomic E-state index is 6.13. The number of hydrogen-bond acceptors (Lipinski definition) is 3. The number of aromatic amines is 1. The van der Waals surface area contributed by atoms with Gasteiger partial charge in [0, 0.05) is 10.9 Å². The lowest BCUT2D eigenvalue weighted by Crippen LogP contribution is -2.19. The van der Waals surface area contributed by atoms with E-state index < -0.39 is 0 Å². The Bertz CT molecular complexity index is 491. The van der Waals surface area contributed by atoms with Crippen LogP contribution in [0.25, 0.3) is 11.3 Å². The van der Waals surface area contributed by atoms with Crippen molar-refractivity contribution in [3.8, 4) is 11.3 Å². The molecular weight excluding hydrogens is 254 g/mol. The van der Waals surface area contributed by atoms with E-state index in [0.717, 1.165) is 27.8 Å². The second-order valence-electron chi connectivity index (χ2n) is 4.23. The third kappa shape index (κ3) is 2.70. The number of hydrogen-bond donors (Lipinski definition) is 2. The Morgan fingerprint density at radius 3 is 2.94 bits per heavy atom. The number of H-pyrrole nitrogens is 1. The SMILES string of the molecule is CCC(C)C(N)c1ncc(-c2csc(Cl)c2)[nH]1. The number of halogens is 1. The lowest BCUT2D eigenvalue weighted by molar-refractivity contribution is 0.441. The highest BCUT2D eigenvalue weighted by Gasteiger charge is 2.16. The quantitative estimate of drug-likeness (QED) is 0.886. The molecule has 0 amide bonds. The first-order valence-corrected chi connectivity index (χ1v) is 6.92. The molecule has 2 atom stereocenters. The van der Waals surface area contributed by atoms with E-state index in [1.165, 1.54) is 11.3 Å². The Balaban J connectivity index is 2.21. The van der Waals surface area contributed by atoms with E-state index >= 15 is 0 Å². The molecule has 0 aliphatic rings. The van der Waals surface area contributed by atoms with Crippen LogP contribution in [-0.2, 0) is 0 Å². The molecule has 2 unspecified atom stereocenters. The monoisotopic (exact) mass is 269 g/mol. The van der Waals surface area contributed by atoms with E-state index in [4.69, 9.17) is 17.3 Å². The van der Waals surface area contributed by atoms with Crippen molar-refractivity contribution in [1.29, 1.82) is 0 Å².